The van der Waals surface area contributed by atoms with Gasteiger partial charge in [-0.05, 0) is 0 Å². The summed E-state index contributed by atoms with van der Waals surface area (Å²) in [5, 5.41) is 18.9. The molecule has 0 aliphatic carbocycles. The molecule has 1 aromatic rings. The van der Waals surface area contributed by atoms with E-state index < -0.39 is 16.5 Å². The molecule has 7 heteroatoms. The van der Waals surface area contributed by atoms with Crippen molar-refractivity contribution >= 4 is 11.5 Å². The molecule has 58 valence electrons. The Balaban J connectivity index is 3.32. The van der Waals surface area contributed by atoms with E-state index in [0.717, 1.165) is 6.33 Å². The molecule has 11 heavy (non-hydrogen) atoms. The van der Waals surface area contributed by atoms with Crippen molar-refractivity contribution < 1.29 is 10.0 Å². The Morgan fingerprint density at radius 1 is 1.64 bits per heavy atom. The summed E-state index contributed by atoms with van der Waals surface area (Å²) in [6.45, 7) is 0. The van der Waals surface area contributed by atoms with Crippen molar-refractivity contribution in [3.05, 3.63) is 16.4 Å². The number of nitrogen functional groups attached to an aromatic ring is 1. The molecule has 3 N–H and O–H groups in total. The van der Waals surface area contributed by atoms with Crippen LogP contribution in [0.3, 0.4) is 0 Å². The average Bonchev–Trinajstić information content (AvgIpc) is 1.85. The number of aromatic nitrogens is 2. The smallest absolute Gasteiger partial charge is 0.372 e. The van der Waals surface area contributed by atoms with Crippen LogP contribution in [0, 0.1) is 10.1 Å². The summed E-state index contributed by atoms with van der Waals surface area (Å²) in [6, 6.07) is 0. The van der Waals surface area contributed by atoms with Crippen molar-refractivity contribution in [2.45, 2.75) is 0 Å². The monoisotopic (exact) mass is 156 g/mol. The number of nitrogens with zero attached hydrogens (tertiary/aromatic N) is 3. The Kier molecular flexibility index (Phi) is 1.55. The van der Waals surface area contributed by atoms with E-state index in [1.54, 1.807) is 0 Å². The third-order valence-electron chi connectivity index (χ3n) is 1.01. The highest BCUT2D eigenvalue weighted by Crippen LogP contribution is 2.26. The zero-order chi connectivity index (χ0) is 8.43. The van der Waals surface area contributed by atoms with Crippen LogP contribution in [0.1, 0.15) is 0 Å². The van der Waals surface area contributed by atoms with Crippen LogP contribution in [0.5, 0.6) is 5.88 Å². The van der Waals surface area contributed by atoms with Crippen molar-refractivity contribution in [2.75, 3.05) is 5.73 Å². The highest BCUT2D eigenvalue weighted by molar-refractivity contribution is 5.57. The Labute approximate surface area is 60.7 Å². The Morgan fingerprint density at radius 2 is 2.27 bits per heavy atom. The van der Waals surface area contributed by atoms with Gasteiger partial charge < -0.3 is 10.8 Å². The SMILES string of the molecule is Nc1ncnc(O)c1[N+](=O)[O-]. The van der Waals surface area contributed by atoms with Gasteiger partial charge in [0.05, 0.1) is 4.92 Å². The Morgan fingerprint density at radius 3 is 2.64 bits per heavy atom. The lowest BCUT2D eigenvalue weighted by atomic mass is 10.5. The van der Waals surface area contributed by atoms with Crippen molar-refractivity contribution in [2.24, 2.45) is 0 Å². The zero-order valence-corrected chi connectivity index (χ0v) is 5.26. The first kappa shape index (κ1) is 7.19. The Bertz CT molecular complexity index is 279. The average molecular weight is 156 g/mol. The van der Waals surface area contributed by atoms with Gasteiger partial charge >= 0.3 is 5.69 Å². The first-order chi connectivity index (χ1) is 5.13. The second kappa shape index (κ2) is 2.37. The second-order valence-electron chi connectivity index (χ2n) is 1.69. The number of anilines is 1. The fourth-order valence-electron chi connectivity index (χ4n) is 0.558. The van der Waals surface area contributed by atoms with Gasteiger partial charge in [-0.2, -0.15) is 4.98 Å². The molecule has 0 fully saturated rings. The van der Waals surface area contributed by atoms with Crippen LogP contribution in [-0.2, 0) is 0 Å². The lowest BCUT2D eigenvalue weighted by molar-refractivity contribution is -0.385. The van der Waals surface area contributed by atoms with Gasteiger partial charge in [0, 0.05) is 0 Å². The van der Waals surface area contributed by atoms with E-state index >= 15 is 0 Å². The maximum absolute atomic E-state index is 10.1. The van der Waals surface area contributed by atoms with Gasteiger partial charge in [0.15, 0.2) is 0 Å². The van der Waals surface area contributed by atoms with Crippen LogP contribution in [0.4, 0.5) is 11.5 Å². The third-order valence-corrected chi connectivity index (χ3v) is 1.01. The van der Waals surface area contributed by atoms with E-state index in [4.69, 9.17) is 10.8 Å². The molecule has 1 aromatic heterocycles. The van der Waals surface area contributed by atoms with E-state index in [-0.39, 0.29) is 5.82 Å². The fourth-order valence-corrected chi connectivity index (χ4v) is 0.558. The molecular weight excluding hydrogens is 152 g/mol. The minimum absolute atomic E-state index is 0.345. The van der Waals surface area contributed by atoms with Gasteiger partial charge in [-0.15, -0.1) is 0 Å². The first-order valence-electron chi connectivity index (χ1n) is 2.56. The van der Waals surface area contributed by atoms with E-state index in [1.807, 2.05) is 0 Å². The minimum atomic E-state index is -0.843. The van der Waals surface area contributed by atoms with Crippen molar-refractivity contribution in [3.63, 3.8) is 0 Å². The topological polar surface area (TPSA) is 115 Å². The largest absolute Gasteiger partial charge is 0.488 e. The number of nitrogens with two attached hydrogens (primary N) is 1. The molecular formula is C4H4N4O3. The highest BCUT2D eigenvalue weighted by Gasteiger charge is 2.19. The van der Waals surface area contributed by atoms with Gasteiger partial charge in [0.2, 0.25) is 5.82 Å². The molecule has 0 bridgehead atoms. The zero-order valence-electron chi connectivity index (χ0n) is 5.26. The number of aromatic hydroxyl groups is 1. The molecule has 1 rings (SSSR count). The molecule has 7 nitrogen and oxygen atoms in total. The van der Waals surface area contributed by atoms with Gasteiger partial charge in [-0.1, -0.05) is 0 Å². The minimum Gasteiger partial charge on any atom is -0.488 e. The Hall–Kier alpha value is -1.92. The normalized spacial score (nSPS) is 9.45. The van der Waals surface area contributed by atoms with Crippen LogP contribution >= 0.6 is 0 Å². The molecule has 0 unspecified atom stereocenters. The lowest BCUT2D eigenvalue weighted by Crippen LogP contribution is -1.99. The summed E-state index contributed by atoms with van der Waals surface area (Å²) in [4.78, 5) is 15.8. The molecule has 0 saturated heterocycles. The maximum Gasteiger partial charge on any atom is 0.372 e. The summed E-state index contributed by atoms with van der Waals surface area (Å²) < 4.78 is 0. The molecule has 0 amide bonds. The fraction of sp³-hybridized carbons (Fsp3) is 0. The van der Waals surface area contributed by atoms with E-state index in [0.29, 0.717) is 0 Å². The van der Waals surface area contributed by atoms with E-state index in [2.05, 4.69) is 9.97 Å². The molecule has 0 aliphatic heterocycles. The summed E-state index contributed by atoms with van der Waals surface area (Å²) in [7, 11) is 0. The number of nitro groups is 1. The summed E-state index contributed by atoms with van der Waals surface area (Å²) in [6.07, 6.45) is 0.942. The van der Waals surface area contributed by atoms with Crippen molar-refractivity contribution in [1.82, 2.24) is 9.97 Å². The van der Waals surface area contributed by atoms with Crippen molar-refractivity contribution in [3.8, 4) is 5.88 Å². The summed E-state index contributed by atoms with van der Waals surface area (Å²) >= 11 is 0. The van der Waals surface area contributed by atoms with Crippen LogP contribution in [0.25, 0.3) is 0 Å². The number of rotatable bonds is 1. The standard InChI is InChI=1S/C4H4N4O3/c5-3-2(8(10)11)4(9)7-1-6-3/h1H,(H3,5,6,7,9). The predicted molar refractivity (Wildman–Crippen MR) is 34.8 cm³/mol. The van der Waals surface area contributed by atoms with Crippen LogP contribution in [-0.4, -0.2) is 20.0 Å². The third kappa shape index (κ3) is 1.16. The van der Waals surface area contributed by atoms with Gasteiger partial charge in [0.1, 0.15) is 6.33 Å². The molecule has 0 spiro atoms. The van der Waals surface area contributed by atoms with Gasteiger partial charge in [0.25, 0.3) is 5.88 Å². The van der Waals surface area contributed by atoms with Crippen molar-refractivity contribution in [1.29, 1.82) is 0 Å². The quantitative estimate of drug-likeness (QED) is 0.425. The van der Waals surface area contributed by atoms with Gasteiger partial charge in [-0.3, -0.25) is 10.1 Å². The molecule has 0 aromatic carbocycles. The lowest BCUT2D eigenvalue weighted by Gasteiger charge is -1.94. The van der Waals surface area contributed by atoms with Gasteiger partial charge in [-0.25, -0.2) is 4.98 Å². The summed E-state index contributed by atoms with van der Waals surface area (Å²) in [5.74, 6) is -1.06. The van der Waals surface area contributed by atoms with Crippen LogP contribution in [0.15, 0.2) is 6.33 Å². The summed E-state index contributed by atoms with van der Waals surface area (Å²) in [5.41, 5.74) is 4.41. The number of hydrogen-bond donors (Lipinski definition) is 2. The van der Waals surface area contributed by atoms with Crippen LogP contribution in [0.2, 0.25) is 0 Å². The van der Waals surface area contributed by atoms with E-state index in [9.17, 15) is 10.1 Å². The molecule has 0 aliphatic rings. The molecule has 0 saturated carbocycles. The molecule has 0 radical (unpaired) electrons. The first-order valence-corrected chi connectivity index (χ1v) is 2.56. The number of hydrogen-bond acceptors (Lipinski definition) is 6. The molecule has 1 heterocycles. The second-order valence-corrected chi connectivity index (χ2v) is 1.69. The predicted octanol–water partition coefficient (Wildman–Crippen LogP) is -0.327. The molecule has 0 atom stereocenters. The maximum atomic E-state index is 10.1. The van der Waals surface area contributed by atoms with E-state index in [1.165, 1.54) is 0 Å². The highest BCUT2D eigenvalue weighted by atomic mass is 16.6. The van der Waals surface area contributed by atoms with Crippen LogP contribution < -0.4 is 5.73 Å².